The lowest BCUT2D eigenvalue weighted by molar-refractivity contribution is 0.0475. The number of ether oxygens (including phenoxy) is 1. The zero-order chi connectivity index (χ0) is 15.5. The highest BCUT2D eigenvalue weighted by Gasteiger charge is 2.27. The van der Waals surface area contributed by atoms with Gasteiger partial charge in [0.2, 0.25) is 0 Å². The van der Waals surface area contributed by atoms with Gasteiger partial charge in [0.05, 0.1) is 13.2 Å². The summed E-state index contributed by atoms with van der Waals surface area (Å²) in [7, 11) is 1.58. The fourth-order valence-corrected chi connectivity index (χ4v) is 3.80. The maximum atomic E-state index is 12.7. The predicted molar refractivity (Wildman–Crippen MR) is 87.5 cm³/mol. The molecule has 1 aliphatic rings. The molecule has 0 aliphatic carbocycles. The van der Waals surface area contributed by atoms with Crippen molar-refractivity contribution in [2.45, 2.75) is 18.9 Å². The zero-order valence-corrected chi connectivity index (χ0v) is 13.3. The van der Waals surface area contributed by atoms with E-state index in [0.29, 0.717) is 23.7 Å². The van der Waals surface area contributed by atoms with Gasteiger partial charge in [-0.05, 0) is 24.5 Å². The minimum absolute atomic E-state index is 0.0530. The highest BCUT2D eigenvalue weighted by Crippen LogP contribution is 2.37. The van der Waals surface area contributed by atoms with Gasteiger partial charge in [-0.15, -0.1) is 11.3 Å². The number of hydrogen-bond acceptors (Lipinski definition) is 4. The fourth-order valence-electron chi connectivity index (χ4n) is 2.70. The molecule has 1 aromatic heterocycles. The van der Waals surface area contributed by atoms with Gasteiger partial charge in [-0.2, -0.15) is 0 Å². The van der Waals surface area contributed by atoms with Crippen molar-refractivity contribution in [2.24, 2.45) is 0 Å². The number of piperidine rings is 1. The van der Waals surface area contributed by atoms with Crippen LogP contribution in [0.25, 0.3) is 10.4 Å². The van der Waals surface area contributed by atoms with E-state index in [0.717, 1.165) is 23.3 Å². The van der Waals surface area contributed by atoms with Crippen LogP contribution < -0.4 is 4.74 Å². The van der Waals surface area contributed by atoms with E-state index in [9.17, 15) is 9.90 Å². The van der Waals surface area contributed by atoms with Crippen molar-refractivity contribution in [3.05, 3.63) is 41.3 Å². The molecule has 1 atom stereocenters. The molecule has 1 aliphatic heterocycles. The molecule has 1 amide bonds. The van der Waals surface area contributed by atoms with Crippen LogP contribution in [0.1, 0.15) is 22.5 Å². The molecule has 0 saturated carbocycles. The van der Waals surface area contributed by atoms with Gasteiger partial charge in [-0.1, -0.05) is 30.3 Å². The summed E-state index contributed by atoms with van der Waals surface area (Å²) in [6.45, 7) is 1.10. The Morgan fingerprint density at radius 1 is 1.36 bits per heavy atom. The summed E-state index contributed by atoms with van der Waals surface area (Å²) < 4.78 is 5.39. The van der Waals surface area contributed by atoms with Crippen LogP contribution in [0, 0.1) is 0 Å². The van der Waals surface area contributed by atoms with Crippen LogP contribution in [0.4, 0.5) is 0 Å². The summed E-state index contributed by atoms with van der Waals surface area (Å²) >= 11 is 1.44. The van der Waals surface area contributed by atoms with Crippen LogP contribution in [0.15, 0.2) is 36.4 Å². The summed E-state index contributed by atoms with van der Waals surface area (Å²) in [5, 5.41) is 9.76. The van der Waals surface area contributed by atoms with Crippen LogP contribution >= 0.6 is 11.3 Å². The van der Waals surface area contributed by atoms with Gasteiger partial charge < -0.3 is 14.7 Å². The van der Waals surface area contributed by atoms with Crippen molar-refractivity contribution < 1.29 is 14.6 Å². The first-order valence-corrected chi connectivity index (χ1v) is 8.21. The summed E-state index contributed by atoms with van der Waals surface area (Å²) in [5.41, 5.74) is 1.07. The van der Waals surface area contributed by atoms with Crippen LogP contribution in [-0.4, -0.2) is 42.2 Å². The molecule has 3 rings (SSSR count). The van der Waals surface area contributed by atoms with Crippen molar-refractivity contribution in [3.63, 3.8) is 0 Å². The second kappa shape index (κ2) is 6.50. The molecule has 1 fully saturated rings. The molecule has 116 valence electrons. The minimum atomic E-state index is -0.419. The number of thiophene rings is 1. The smallest absolute Gasteiger partial charge is 0.267 e. The second-order valence-electron chi connectivity index (χ2n) is 5.42. The number of nitrogens with zero attached hydrogens (tertiary/aromatic N) is 1. The highest BCUT2D eigenvalue weighted by molar-refractivity contribution is 7.17. The summed E-state index contributed by atoms with van der Waals surface area (Å²) in [5.74, 6) is 0.552. The standard InChI is InChI=1S/C17H19NO3S/c1-21-14-10-15(12-6-3-2-4-7-12)22-16(14)17(20)18-9-5-8-13(19)11-18/h2-4,6-7,10,13,19H,5,8-9,11H2,1H3. The van der Waals surface area contributed by atoms with Crippen LogP contribution in [0.3, 0.4) is 0 Å². The van der Waals surface area contributed by atoms with Gasteiger partial charge in [0.25, 0.3) is 5.91 Å². The molecule has 2 aromatic rings. The van der Waals surface area contributed by atoms with Gasteiger partial charge in [0, 0.05) is 18.0 Å². The van der Waals surface area contributed by atoms with Crippen molar-refractivity contribution in [2.75, 3.05) is 20.2 Å². The average Bonchev–Trinajstić information content (AvgIpc) is 2.99. The first-order valence-electron chi connectivity index (χ1n) is 7.39. The number of hydrogen-bond donors (Lipinski definition) is 1. The third kappa shape index (κ3) is 3.00. The first kappa shape index (κ1) is 15.1. The number of methoxy groups -OCH3 is 1. The quantitative estimate of drug-likeness (QED) is 0.946. The molecule has 1 aromatic carbocycles. The van der Waals surface area contributed by atoms with E-state index in [2.05, 4.69) is 0 Å². The average molecular weight is 317 g/mol. The topological polar surface area (TPSA) is 49.8 Å². The van der Waals surface area contributed by atoms with E-state index >= 15 is 0 Å². The maximum Gasteiger partial charge on any atom is 0.267 e. The monoisotopic (exact) mass is 317 g/mol. The molecule has 4 nitrogen and oxygen atoms in total. The molecule has 0 bridgehead atoms. The molecule has 0 radical (unpaired) electrons. The predicted octanol–water partition coefficient (Wildman–Crippen LogP) is 3.02. The molecular formula is C17H19NO3S. The minimum Gasteiger partial charge on any atom is -0.495 e. The molecule has 1 N–H and O–H groups in total. The molecule has 2 heterocycles. The SMILES string of the molecule is COc1cc(-c2ccccc2)sc1C(=O)N1CCCC(O)C1. The molecule has 5 heteroatoms. The maximum absolute atomic E-state index is 12.7. The Labute approximate surface area is 134 Å². The molecule has 22 heavy (non-hydrogen) atoms. The normalized spacial score (nSPS) is 18.3. The third-order valence-corrected chi connectivity index (χ3v) is 5.01. The summed E-state index contributed by atoms with van der Waals surface area (Å²) in [4.78, 5) is 16.1. The number of aliphatic hydroxyl groups is 1. The Kier molecular flexibility index (Phi) is 4.45. The number of carbonyl (C=O) groups is 1. The van der Waals surface area contributed by atoms with Crippen LogP contribution in [0.5, 0.6) is 5.75 Å². The number of aliphatic hydroxyl groups excluding tert-OH is 1. The summed E-state index contributed by atoms with van der Waals surface area (Å²) in [6, 6.07) is 11.9. The van der Waals surface area contributed by atoms with E-state index in [-0.39, 0.29) is 5.91 Å². The Balaban J connectivity index is 1.90. The highest BCUT2D eigenvalue weighted by atomic mass is 32.1. The lowest BCUT2D eigenvalue weighted by Crippen LogP contribution is -2.41. The van der Waals surface area contributed by atoms with Crippen molar-refractivity contribution in [3.8, 4) is 16.2 Å². The largest absolute Gasteiger partial charge is 0.495 e. The number of rotatable bonds is 3. The van der Waals surface area contributed by atoms with Crippen LogP contribution in [-0.2, 0) is 0 Å². The van der Waals surface area contributed by atoms with Gasteiger partial charge in [0.1, 0.15) is 10.6 Å². The van der Waals surface area contributed by atoms with Crippen molar-refractivity contribution >= 4 is 17.2 Å². The van der Waals surface area contributed by atoms with E-state index in [1.165, 1.54) is 11.3 Å². The Bertz CT molecular complexity index is 653. The van der Waals surface area contributed by atoms with E-state index in [4.69, 9.17) is 4.74 Å². The lowest BCUT2D eigenvalue weighted by atomic mass is 10.1. The number of likely N-dealkylation sites (tertiary alicyclic amines) is 1. The number of β-amino-alcohol motifs (C(OH)–C–C–N with tert-alkyl or cyclic N) is 1. The van der Waals surface area contributed by atoms with Crippen LogP contribution in [0.2, 0.25) is 0 Å². The van der Waals surface area contributed by atoms with Crippen molar-refractivity contribution in [1.82, 2.24) is 4.90 Å². The Hall–Kier alpha value is -1.85. The van der Waals surface area contributed by atoms with E-state index in [1.807, 2.05) is 36.4 Å². The lowest BCUT2D eigenvalue weighted by Gasteiger charge is -2.29. The number of benzene rings is 1. The first-order chi connectivity index (χ1) is 10.7. The van der Waals surface area contributed by atoms with Crippen molar-refractivity contribution in [1.29, 1.82) is 0 Å². The molecule has 0 spiro atoms. The van der Waals surface area contributed by atoms with E-state index in [1.54, 1.807) is 12.0 Å². The number of carbonyl (C=O) groups excluding carboxylic acids is 1. The van der Waals surface area contributed by atoms with Gasteiger partial charge in [-0.3, -0.25) is 4.79 Å². The third-order valence-electron chi connectivity index (χ3n) is 3.85. The number of amides is 1. The molecule has 1 saturated heterocycles. The Morgan fingerprint density at radius 2 is 2.14 bits per heavy atom. The zero-order valence-electron chi connectivity index (χ0n) is 12.5. The fraction of sp³-hybridized carbons (Fsp3) is 0.353. The van der Waals surface area contributed by atoms with E-state index < -0.39 is 6.10 Å². The molecule has 1 unspecified atom stereocenters. The van der Waals surface area contributed by atoms with Gasteiger partial charge in [-0.25, -0.2) is 0 Å². The van der Waals surface area contributed by atoms with Gasteiger partial charge in [0.15, 0.2) is 0 Å². The van der Waals surface area contributed by atoms with Gasteiger partial charge >= 0.3 is 0 Å². The Morgan fingerprint density at radius 3 is 2.82 bits per heavy atom. The second-order valence-corrected chi connectivity index (χ2v) is 6.47. The molecular weight excluding hydrogens is 298 g/mol. The summed E-state index contributed by atoms with van der Waals surface area (Å²) in [6.07, 6.45) is 1.18.